The van der Waals surface area contributed by atoms with Crippen molar-refractivity contribution in [3.05, 3.63) is 43.9 Å². The predicted octanol–water partition coefficient (Wildman–Crippen LogP) is 3.59. The number of hydrogen-bond donors (Lipinski definition) is 0. The largest absolute Gasteiger partial charge is 0.465 e. The lowest BCUT2D eigenvalue weighted by Gasteiger charge is -2.05. The number of aryl methyl sites for hydroxylation is 1. The van der Waals surface area contributed by atoms with E-state index < -0.39 is 10.9 Å². The van der Waals surface area contributed by atoms with E-state index in [9.17, 15) is 14.9 Å². The maximum absolute atomic E-state index is 11.4. The van der Waals surface area contributed by atoms with Gasteiger partial charge in [-0.2, -0.15) is 4.98 Å². The summed E-state index contributed by atoms with van der Waals surface area (Å²) in [5, 5.41) is 11.0. The molecule has 110 valence electrons. The van der Waals surface area contributed by atoms with Crippen LogP contribution in [0.25, 0.3) is 0 Å². The molecule has 1 aromatic heterocycles. The summed E-state index contributed by atoms with van der Waals surface area (Å²) in [5.74, 6) is -0.587. The molecule has 2 aromatic rings. The first-order chi connectivity index (χ1) is 9.93. The number of halogens is 1. The lowest BCUT2D eigenvalue weighted by Crippen LogP contribution is -1.98. The second kappa shape index (κ2) is 6.06. The fraction of sp³-hybridized carbons (Fsp3) is 0.167. The molecule has 21 heavy (non-hydrogen) atoms. The zero-order valence-electron chi connectivity index (χ0n) is 11.0. The van der Waals surface area contributed by atoms with Gasteiger partial charge in [0, 0.05) is 6.07 Å². The van der Waals surface area contributed by atoms with E-state index >= 15 is 0 Å². The first-order valence-corrected chi connectivity index (χ1v) is 6.80. The fourth-order valence-electron chi connectivity index (χ4n) is 1.55. The molecule has 1 aromatic carbocycles. The molecule has 0 amide bonds. The number of carbonyl (C=O) groups is 1. The normalized spacial score (nSPS) is 10.2. The number of rotatable bonds is 4. The summed E-state index contributed by atoms with van der Waals surface area (Å²) in [4.78, 5) is 25.8. The van der Waals surface area contributed by atoms with Crippen molar-refractivity contribution in [3.8, 4) is 10.9 Å². The molecule has 7 nitrogen and oxygen atoms in total. The highest BCUT2D eigenvalue weighted by Crippen LogP contribution is 2.38. The van der Waals surface area contributed by atoms with Gasteiger partial charge in [0.05, 0.1) is 12.0 Å². The summed E-state index contributed by atoms with van der Waals surface area (Å²) < 4.78 is 9.98. The van der Waals surface area contributed by atoms with E-state index in [4.69, 9.17) is 16.3 Å². The van der Waals surface area contributed by atoms with E-state index in [0.29, 0.717) is 5.56 Å². The SMILES string of the molecule is COC(=O)c1sc(Oc2c(C)cccc2[N+](=O)[O-])nc1Cl. The van der Waals surface area contributed by atoms with Crippen molar-refractivity contribution >= 4 is 34.6 Å². The van der Waals surface area contributed by atoms with Crippen molar-refractivity contribution in [3.63, 3.8) is 0 Å². The molecule has 1 heterocycles. The van der Waals surface area contributed by atoms with Crippen LogP contribution in [-0.4, -0.2) is 23.0 Å². The van der Waals surface area contributed by atoms with E-state index in [1.54, 1.807) is 19.1 Å². The molecular formula is C12H9ClN2O5S. The van der Waals surface area contributed by atoms with E-state index in [1.165, 1.54) is 13.2 Å². The molecule has 9 heteroatoms. The number of nitro groups is 1. The monoisotopic (exact) mass is 328 g/mol. The number of hydrogen-bond acceptors (Lipinski definition) is 7. The summed E-state index contributed by atoms with van der Waals surface area (Å²) >= 11 is 6.67. The van der Waals surface area contributed by atoms with Gasteiger partial charge in [0.1, 0.15) is 0 Å². The molecule has 0 N–H and O–H groups in total. The van der Waals surface area contributed by atoms with E-state index in [-0.39, 0.29) is 26.7 Å². The molecule has 0 aliphatic rings. The van der Waals surface area contributed by atoms with Crippen LogP contribution in [0, 0.1) is 17.0 Å². The van der Waals surface area contributed by atoms with Crippen LogP contribution in [0.2, 0.25) is 5.15 Å². The number of thiazole rings is 1. The topological polar surface area (TPSA) is 91.6 Å². The van der Waals surface area contributed by atoms with Gasteiger partial charge in [0.25, 0.3) is 5.19 Å². The number of aromatic nitrogens is 1. The Bertz CT molecular complexity index is 716. The van der Waals surface area contributed by atoms with E-state index in [1.807, 2.05) is 0 Å². The van der Waals surface area contributed by atoms with Gasteiger partial charge >= 0.3 is 11.7 Å². The number of para-hydroxylation sites is 1. The number of nitrogens with zero attached hydrogens (tertiary/aromatic N) is 2. The molecule has 0 aliphatic heterocycles. The minimum Gasteiger partial charge on any atom is -0.465 e. The number of nitro benzene ring substituents is 1. The average Bonchev–Trinajstić information content (AvgIpc) is 2.80. The summed E-state index contributed by atoms with van der Waals surface area (Å²) in [6.45, 7) is 1.67. The van der Waals surface area contributed by atoms with E-state index in [2.05, 4.69) is 9.72 Å². The molecule has 0 spiro atoms. The number of ether oxygens (including phenoxy) is 2. The van der Waals surface area contributed by atoms with Crippen molar-refractivity contribution in [1.82, 2.24) is 4.98 Å². The summed E-state index contributed by atoms with van der Waals surface area (Å²) in [7, 11) is 1.21. The van der Waals surface area contributed by atoms with Crippen LogP contribution in [0.3, 0.4) is 0 Å². The van der Waals surface area contributed by atoms with Crippen LogP contribution < -0.4 is 4.74 Å². The standard InChI is InChI=1S/C12H9ClN2O5S/c1-6-4-3-5-7(15(17)18)8(6)20-12-14-10(13)9(21-12)11(16)19-2/h3-5H,1-2H3. The Morgan fingerprint density at radius 2 is 2.19 bits per heavy atom. The Balaban J connectivity index is 2.39. The zero-order valence-corrected chi connectivity index (χ0v) is 12.5. The van der Waals surface area contributed by atoms with Crippen LogP contribution in [0.5, 0.6) is 10.9 Å². The average molecular weight is 329 g/mol. The third-order valence-corrected chi connectivity index (χ3v) is 3.81. The molecule has 0 saturated carbocycles. The van der Waals surface area contributed by atoms with Gasteiger partial charge in [-0.25, -0.2) is 4.79 Å². The van der Waals surface area contributed by atoms with Crippen LogP contribution in [-0.2, 0) is 4.74 Å². The van der Waals surface area contributed by atoms with Crippen LogP contribution in [0.4, 0.5) is 5.69 Å². The number of benzene rings is 1. The van der Waals surface area contributed by atoms with Gasteiger partial charge in [-0.3, -0.25) is 10.1 Å². The maximum Gasteiger partial charge on any atom is 0.351 e. The highest BCUT2D eigenvalue weighted by Gasteiger charge is 2.22. The second-order valence-electron chi connectivity index (χ2n) is 3.87. The van der Waals surface area contributed by atoms with Gasteiger partial charge in [-0.05, 0) is 12.5 Å². The zero-order chi connectivity index (χ0) is 15.6. The minimum atomic E-state index is -0.647. The van der Waals surface area contributed by atoms with Crippen molar-refractivity contribution in [2.75, 3.05) is 7.11 Å². The number of esters is 1. The summed E-state index contributed by atoms with van der Waals surface area (Å²) in [5.41, 5.74) is 0.371. The van der Waals surface area contributed by atoms with Crippen molar-refractivity contribution in [2.45, 2.75) is 6.92 Å². The van der Waals surface area contributed by atoms with Crippen molar-refractivity contribution in [1.29, 1.82) is 0 Å². The molecule has 0 unspecified atom stereocenters. The third-order valence-electron chi connectivity index (χ3n) is 2.51. The van der Waals surface area contributed by atoms with Crippen LogP contribution in [0.15, 0.2) is 18.2 Å². The molecule has 0 aliphatic carbocycles. The predicted molar refractivity (Wildman–Crippen MR) is 76.4 cm³/mol. The molecule has 0 radical (unpaired) electrons. The van der Waals surface area contributed by atoms with Gasteiger partial charge in [0.15, 0.2) is 10.0 Å². The Hall–Kier alpha value is -2.19. The van der Waals surface area contributed by atoms with E-state index in [0.717, 1.165) is 11.3 Å². The lowest BCUT2D eigenvalue weighted by atomic mass is 10.2. The van der Waals surface area contributed by atoms with Gasteiger partial charge in [-0.1, -0.05) is 35.1 Å². The Kier molecular flexibility index (Phi) is 4.39. The number of carbonyl (C=O) groups excluding carboxylic acids is 1. The van der Waals surface area contributed by atoms with Gasteiger partial charge in [0.2, 0.25) is 5.75 Å². The van der Waals surface area contributed by atoms with Crippen molar-refractivity contribution in [2.24, 2.45) is 0 Å². The first-order valence-electron chi connectivity index (χ1n) is 5.60. The van der Waals surface area contributed by atoms with Gasteiger partial charge in [-0.15, -0.1) is 0 Å². The number of methoxy groups -OCH3 is 1. The molecule has 0 bridgehead atoms. The highest BCUT2D eigenvalue weighted by atomic mass is 35.5. The highest BCUT2D eigenvalue weighted by molar-refractivity contribution is 7.15. The van der Waals surface area contributed by atoms with Crippen LogP contribution >= 0.6 is 22.9 Å². The summed E-state index contributed by atoms with van der Waals surface area (Å²) in [6.07, 6.45) is 0. The lowest BCUT2D eigenvalue weighted by molar-refractivity contribution is -0.385. The molecule has 2 rings (SSSR count). The summed E-state index contributed by atoms with van der Waals surface area (Å²) in [6, 6.07) is 4.53. The molecular weight excluding hydrogens is 320 g/mol. The Morgan fingerprint density at radius 1 is 1.48 bits per heavy atom. The maximum atomic E-state index is 11.4. The van der Waals surface area contributed by atoms with Crippen molar-refractivity contribution < 1.29 is 19.2 Å². The van der Waals surface area contributed by atoms with Crippen LogP contribution in [0.1, 0.15) is 15.2 Å². The first kappa shape index (κ1) is 15.2. The molecule has 0 atom stereocenters. The Labute approximate surface area is 128 Å². The molecule has 0 saturated heterocycles. The Morgan fingerprint density at radius 3 is 2.81 bits per heavy atom. The minimum absolute atomic E-state index is 0.0257. The third kappa shape index (κ3) is 3.11. The quantitative estimate of drug-likeness (QED) is 0.484. The fourth-order valence-corrected chi connectivity index (χ4v) is 2.60. The smallest absolute Gasteiger partial charge is 0.351 e. The molecule has 0 fully saturated rings. The van der Waals surface area contributed by atoms with Gasteiger partial charge < -0.3 is 9.47 Å². The second-order valence-corrected chi connectivity index (χ2v) is 5.19.